The van der Waals surface area contributed by atoms with E-state index in [-0.39, 0.29) is 12.1 Å². The fourth-order valence-corrected chi connectivity index (χ4v) is 4.48. The topological polar surface area (TPSA) is 87.3 Å². The lowest BCUT2D eigenvalue weighted by atomic mass is 10.2. The molecule has 36 heavy (non-hydrogen) atoms. The molecular weight excluding hydrogens is 463 g/mol. The van der Waals surface area contributed by atoms with E-state index in [2.05, 4.69) is 5.32 Å². The SMILES string of the molecule is COc1ccc2c(c1)c1c(c(=O)n(-c3cccc(C)c3)c(=O)n1CC(=O)Nc1ccc(F)cc1)n2C. The summed E-state index contributed by atoms with van der Waals surface area (Å²) in [6.07, 6.45) is 0. The number of ether oxygens (including phenoxy) is 1. The molecule has 5 rings (SSSR count). The monoisotopic (exact) mass is 486 g/mol. The van der Waals surface area contributed by atoms with E-state index in [4.69, 9.17) is 4.74 Å². The van der Waals surface area contributed by atoms with Crippen molar-refractivity contribution in [3.8, 4) is 11.4 Å². The highest BCUT2D eigenvalue weighted by atomic mass is 19.1. The summed E-state index contributed by atoms with van der Waals surface area (Å²) in [5.41, 5.74) is 1.84. The van der Waals surface area contributed by atoms with Gasteiger partial charge in [0.25, 0.3) is 5.56 Å². The first-order valence-electron chi connectivity index (χ1n) is 11.2. The van der Waals surface area contributed by atoms with E-state index < -0.39 is 23.0 Å². The molecule has 0 aliphatic heterocycles. The van der Waals surface area contributed by atoms with Crippen LogP contribution in [0.15, 0.2) is 76.3 Å². The number of halogens is 1. The number of nitrogens with zero attached hydrogens (tertiary/aromatic N) is 3. The average molecular weight is 487 g/mol. The molecule has 0 unspecified atom stereocenters. The fourth-order valence-electron chi connectivity index (χ4n) is 4.48. The van der Waals surface area contributed by atoms with E-state index >= 15 is 0 Å². The number of carbonyl (C=O) groups is 1. The number of aryl methyl sites for hydroxylation is 2. The largest absolute Gasteiger partial charge is 0.497 e. The second kappa shape index (κ2) is 8.84. The second-order valence-electron chi connectivity index (χ2n) is 8.54. The van der Waals surface area contributed by atoms with Crippen LogP contribution in [0.2, 0.25) is 0 Å². The molecule has 182 valence electrons. The number of rotatable bonds is 5. The number of methoxy groups -OCH3 is 1. The zero-order chi connectivity index (χ0) is 25.6. The van der Waals surface area contributed by atoms with Crippen molar-refractivity contribution in [3.63, 3.8) is 0 Å². The second-order valence-corrected chi connectivity index (χ2v) is 8.54. The predicted molar refractivity (Wildman–Crippen MR) is 137 cm³/mol. The number of benzene rings is 3. The molecule has 2 heterocycles. The van der Waals surface area contributed by atoms with Crippen molar-refractivity contribution in [1.29, 1.82) is 0 Å². The Balaban J connectivity index is 1.78. The highest BCUT2D eigenvalue weighted by Gasteiger charge is 2.23. The third-order valence-corrected chi connectivity index (χ3v) is 6.17. The molecule has 0 aliphatic carbocycles. The molecule has 8 nitrogen and oxygen atoms in total. The Morgan fingerprint density at radius 1 is 1.00 bits per heavy atom. The van der Waals surface area contributed by atoms with Crippen molar-refractivity contribution in [2.45, 2.75) is 13.5 Å². The highest BCUT2D eigenvalue weighted by Crippen LogP contribution is 2.29. The smallest absolute Gasteiger partial charge is 0.336 e. The molecule has 0 saturated carbocycles. The Hall–Kier alpha value is -4.66. The lowest BCUT2D eigenvalue weighted by Crippen LogP contribution is -2.41. The molecule has 0 radical (unpaired) electrons. The molecular formula is C27H23FN4O4. The number of amides is 1. The van der Waals surface area contributed by atoms with Crippen molar-refractivity contribution < 1.29 is 13.9 Å². The normalized spacial score (nSPS) is 11.2. The number of hydrogen-bond acceptors (Lipinski definition) is 4. The highest BCUT2D eigenvalue weighted by molar-refractivity contribution is 6.07. The summed E-state index contributed by atoms with van der Waals surface area (Å²) < 4.78 is 22.7. The molecule has 0 saturated heterocycles. The third-order valence-electron chi connectivity index (χ3n) is 6.17. The zero-order valence-corrected chi connectivity index (χ0v) is 19.9. The summed E-state index contributed by atoms with van der Waals surface area (Å²) >= 11 is 0. The van der Waals surface area contributed by atoms with E-state index in [1.807, 2.05) is 13.0 Å². The Labute approximate surface area is 204 Å². The van der Waals surface area contributed by atoms with E-state index in [9.17, 15) is 18.8 Å². The first-order valence-corrected chi connectivity index (χ1v) is 11.2. The molecule has 3 aromatic carbocycles. The van der Waals surface area contributed by atoms with Crippen LogP contribution < -0.4 is 21.3 Å². The summed E-state index contributed by atoms with van der Waals surface area (Å²) in [5, 5.41) is 3.29. The standard InChI is InChI=1S/C27H23FN4O4/c1-16-5-4-6-19(13-16)32-26(34)25-24(21-14-20(36-3)11-12-22(21)30(25)2)31(27(32)35)15-23(33)29-18-9-7-17(28)8-10-18/h4-14H,15H2,1-3H3,(H,29,33). The number of aromatic nitrogens is 3. The molecule has 5 aromatic rings. The Morgan fingerprint density at radius 3 is 2.44 bits per heavy atom. The van der Waals surface area contributed by atoms with Gasteiger partial charge in [-0.3, -0.25) is 14.2 Å². The van der Waals surface area contributed by atoms with Gasteiger partial charge in [-0.15, -0.1) is 0 Å². The molecule has 0 fully saturated rings. The van der Waals surface area contributed by atoms with Crippen molar-refractivity contribution in [2.75, 3.05) is 12.4 Å². The van der Waals surface area contributed by atoms with Gasteiger partial charge in [0.15, 0.2) is 0 Å². The van der Waals surface area contributed by atoms with Crippen molar-refractivity contribution in [1.82, 2.24) is 13.7 Å². The maximum atomic E-state index is 13.8. The molecule has 2 aromatic heterocycles. The number of hydrogen-bond donors (Lipinski definition) is 1. The lowest BCUT2D eigenvalue weighted by molar-refractivity contribution is -0.116. The molecule has 0 aliphatic rings. The van der Waals surface area contributed by atoms with Crippen LogP contribution in [0.5, 0.6) is 5.75 Å². The fraction of sp³-hybridized carbons (Fsp3) is 0.148. The molecule has 9 heteroatoms. The van der Waals surface area contributed by atoms with Crippen LogP contribution in [0.3, 0.4) is 0 Å². The molecule has 1 N–H and O–H groups in total. The van der Waals surface area contributed by atoms with Crippen molar-refractivity contribution in [3.05, 3.63) is 98.9 Å². The minimum absolute atomic E-state index is 0.272. The number of carbonyl (C=O) groups excluding carboxylic acids is 1. The minimum atomic E-state index is -0.650. The van der Waals surface area contributed by atoms with Gasteiger partial charge < -0.3 is 14.6 Å². The van der Waals surface area contributed by atoms with E-state index in [0.717, 1.165) is 10.1 Å². The van der Waals surface area contributed by atoms with E-state index in [1.165, 1.54) is 35.9 Å². The van der Waals surface area contributed by atoms with Crippen LogP contribution >= 0.6 is 0 Å². The van der Waals surface area contributed by atoms with Crippen LogP contribution in [0, 0.1) is 12.7 Å². The number of fused-ring (bicyclic) bond motifs is 3. The first kappa shape index (κ1) is 23.1. The quantitative estimate of drug-likeness (QED) is 0.410. The van der Waals surface area contributed by atoms with Crippen LogP contribution in [0.25, 0.3) is 27.6 Å². The van der Waals surface area contributed by atoms with E-state index in [1.54, 1.807) is 48.0 Å². The molecule has 0 atom stereocenters. The minimum Gasteiger partial charge on any atom is -0.497 e. The van der Waals surface area contributed by atoms with Gasteiger partial charge in [-0.1, -0.05) is 12.1 Å². The molecule has 0 spiro atoms. The summed E-state index contributed by atoms with van der Waals surface area (Å²) in [6.45, 7) is 1.50. The Kier molecular flexibility index (Phi) is 5.68. The Morgan fingerprint density at radius 2 is 1.75 bits per heavy atom. The van der Waals surface area contributed by atoms with Gasteiger partial charge in [0, 0.05) is 18.1 Å². The van der Waals surface area contributed by atoms with Crippen LogP contribution in [-0.4, -0.2) is 26.7 Å². The average Bonchev–Trinajstić information content (AvgIpc) is 3.15. The van der Waals surface area contributed by atoms with Gasteiger partial charge in [0.1, 0.15) is 23.6 Å². The van der Waals surface area contributed by atoms with Gasteiger partial charge >= 0.3 is 5.69 Å². The van der Waals surface area contributed by atoms with Gasteiger partial charge in [0.05, 0.1) is 23.8 Å². The summed E-state index contributed by atoms with van der Waals surface area (Å²) in [7, 11) is 3.27. The van der Waals surface area contributed by atoms with Crippen LogP contribution in [-0.2, 0) is 18.4 Å². The van der Waals surface area contributed by atoms with Gasteiger partial charge in [-0.25, -0.2) is 13.8 Å². The lowest BCUT2D eigenvalue weighted by Gasteiger charge is -2.14. The summed E-state index contributed by atoms with van der Waals surface area (Å²) in [4.78, 5) is 40.6. The number of nitrogens with one attached hydrogen (secondary N) is 1. The van der Waals surface area contributed by atoms with Gasteiger partial charge in [-0.2, -0.15) is 0 Å². The van der Waals surface area contributed by atoms with Crippen LogP contribution in [0.4, 0.5) is 10.1 Å². The first-order chi connectivity index (χ1) is 17.3. The van der Waals surface area contributed by atoms with Crippen LogP contribution in [0.1, 0.15) is 5.56 Å². The third kappa shape index (κ3) is 3.84. The van der Waals surface area contributed by atoms with Gasteiger partial charge in [-0.05, 0) is 67.1 Å². The number of anilines is 1. The van der Waals surface area contributed by atoms with Crippen molar-refractivity contribution >= 4 is 33.5 Å². The Bertz CT molecular complexity index is 1760. The molecule has 0 bridgehead atoms. The maximum Gasteiger partial charge on any atom is 0.336 e. The molecule has 1 amide bonds. The maximum absolute atomic E-state index is 13.8. The van der Waals surface area contributed by atoms with Gasteiger partial charge in [0.2, 0.25) is 5.91 Å². The van der Waals surface area contributed by atoms with E-state index in [0.29, 0.717) is 33.5 Å². The predicted octanol–water partition coefficient (Wildman–Crippen LogP) is 3.74. The zero-order valence-electron chi connectivity index (χ0n) is 19.9. The van der Waals surface area contributed by atoms with Crippen molar-refractivity contribution in [2.24, 2.45) is 7.05 Å². The summed E-state index contributed by atoms with van der Waals surface area (Å²) in [6, 6.07) is 17.7. The summed E-state index contributed by atoms with van der Waals surface area (Å²) in [5.74, 6) is -0.382.